The summed E-state index contributed by atoms with van der Waals surface area (Å²) in [5.41, 5.74) is 2.81. The van der Waals surface area contributed by atoms with Crippen LogP contribution >= 0.6 is 0 Å². The van der Waals surface area contributed by atoms with E-state index in [0.717, 1.165) is 19.4 Å². The summed E-state index contributed by atoms with van der Waals surface area (Å²) in [5, 5.41) is 3.70. The number of rotatable bonds is 4. The minimum Gasteiger partial charge on any atom is -0.371 e. The summed E-state index contributed by atoms with van der Waals surface area (Å²) >= 11 is 0. The zero-order valence-electron chi connectivity index (χ0n) is 13.6. The fraction of sp³-hybridized carbons (Fsp3) is 0.667. The van der Waals surface area contributed by atoms with Crippen LogP contribution < -0.4 is 5.32 Å². The van der Waals surface area contributed by atoms with Crippen molar-refractivity contribution in [2.75, 3.05) is 6.54 Å². The van der Waals surface area contributed by atoms with Gasteiger partial charge >= 0.3 is 0 Å². The van der Waals surface area contributed by atoms with E-state index in [-0.39, 0.29) is 11.7 Å². The molecule has 0 fully saturated rings. The van der Waals surface area contributed by atoms with Gasteiger partial charge in [-0.25, -0.2) is 0 Å². The van der Waals surface area contributed by atoms with E-state index in [0.29, 0.717) is 12.0 Å². The molecule has 0 aliphatic heterocycles. The summed E-state index contributed by atoms with van der Waals surface area (Å²) in [7, 11) is 0. The van der Waals surface area contributed by atoms with Crippen LogP contribution in [0.25, 0.3) is 0 Å². The third-order valence-corrected chi connectivity index (χ3v) is 3.94. The Morgan fingerprint density at radius 1 is 1.20 bits per heavy atom. The van der Waals surface area contributed by atoms with Crippen molar-refractivity contribution in [3.05, 3.63) is 35.4 Å². The Morgan fingerprint density at radius 2 is 1.85 bits per heavy atom. The molecule has 1 aromatic rings. The van der Waals surface area contributed by atoms with Crippen molar-refractivity contribution in [1.29, 1.82) is 0 Å². The van der Waals surface area contributed by atoms with E-state index >= 15 is 0 Å². The molecule has 0 spiro atoms. The Kier molecular flexibility index (Phi) is 4.87. The Labute approximate surface area is 123 Å². The first-order valence-electron chi connectivity index (χ1n) is 7.92. The smallest absolute Gasteiger partial charge is 0.0782 e. The van der Waals surface area contributed by atoms with Gasteiger partial charge in [-0.2, -0.15) is 0 Å². The molecule has 112 valence electrons. The molecular formula is C18H29NO. The molecule has 1 aromatic carbocycles. The number of hydrogen-bond acceptors (Lipinski definition) is 2. The fourth-order valence-corrected chi connectivity index (χ4v) is 3.17. The first kappa shape index (κ1) is 15.5. The maximum atomic E-state index is 6.35. The number of hydrogen-bond donors (Lipinski definition) is 1. The third-order valence-electron chi connectivity index (χ3n) is 3.94. The van der Waals surface area contributed by atoms with Gasteiger partial charge in [0.25, 0.3) is 0 Å². The number of nitrogens with one attached hydrogen (secondary N) is 1. The molecule has 0 amide bonds. The standard InChI is InChI=1S/C18H29NO/c1-6-11-19-17-15-10-8-7-9-14(15)13(2)12-16(17)20-18(3,4)5/h7-10,13,16-17,19H,6,11-12H2,1-5H3. The molecule has 0 aromatic heterocycles. The molecule has 2 nitrogen and oxygen atoms in total. The molecule has 0 bridgehead atoms. The lowest BCUT2D eigenvalue weighted by Crippen LogP contribution is -2.42. The third kappa shape index (κ3) is 3.62. The van der Waals surface area contributed by atoms with E-state index in [1.165, 1.54) is 11.1 Å². The van der Waals surface area contributed by atoms with Gasteiger partial charge in [-0.05, 0) is 57.2 Å². The predicted molar refractivity (Wildman–Crippen MR) is 85.1 cm³/mol. The largest absolute Gasteiger partial charge is 0.371 e. The fourth-order valence-electron chi connectivity index (χ4n) is 3.17. The highest BCUT2D eigenvalue weighted by atomic mass is 16.5. The van der Waals surface area contributed by atoms with Crippen molar-refractivity contribution in [3.63, 3.8) is 0 Å². The molecule has 20 heavy (non-hydrogen) atoms. The zero-order valence-corrected chi connectivity index (χ0v) is 13.6. The van der Waals surface area contributed by atoms with Gasteiger partial charge in [-0.1, -0.05) is 38.1 Å². The maximum Gasteiger partial charge on any atom is 0.0782 e. The van der Waals surface area contributed by atoms with Gasteiger partial charge in [0, 0.05) is 0 Å². The van der Waals surface area contributed by atoms with Gasteiger partial charge < -0.3 is 10.1 Å². The SMILES string of the molecule is CCCNC1c2ccccc2C(C)CC1OC(C)(C)C. The van der Waals surface area contributed by atoms with E-state index in [4.69, 9.17) is 4.74 Å². The van der Waals surface area contributed by atoms with E-state index < -0.39 is 0 Å². The molecular weight excluding hydrogens is 246 g/mol. The van der Waals surface area contributed by atoms with Crippen LogP contribution in [0.1, 0.15) is 70.5 Å². The van der Waals surface area contributed by atoms with Gasteiger partial charge in [0.1, 0.15) is 0 Å². The Hall–Kier alpha value is -0.860. The molecule has 3 atom stereocenters. The summed E-state index contributed by atoms with van der Waals surface area (Å²) in [6.07, 6.45) is 2.50. The van der Waals surface area contributed by atoms with Crippen LogP contribution in [0.4, 0.5) is 0 Å². The van der Waals surface area contributed by atoms with E-state index in [9.17, 15) is 0 Å². The number of fused-ring (bicyclic) bond motifs is 1. The monoisotopic (exact) mass is 275 g/mol. The van der Waals surface area contributed by atoms with Gasteiger partial charge in [0.05, 0.1) is 17.7 Å². The minimum absolute atomic E-state index is 0.0944. The van der Waals surface area contributed by atoms with Crippen LogP contribution in [0.3, 0.4) is 0 Å². The Balaban J connectivity index is 2.29. The quantitative estimate of drug-likeness (QED) is 0.878. The van der Waals surface area contributed by atoms with Gasteiger partial charge in [-0.3, -0.25) is 0 Å². The van der Waals surface area contributed by atoms with Crippen molar-refractivity contribution < 1.29 is 4.74 Å². The topological polar surface area (TPSA) is 21.3 Å². The molecule has 2 rings (SSSR count). The summed E-state index contributed by atoms with van der Waals surface area (Å²) in [6.45, 7) is 12.0. The lowest BCUT2D eigenvalue weighted by Gasteiger charge is -2.40. The molecule has 1 aliphatic carbocycles. The van der Waals surface area contributed by atoms with Crippen LogP contribution in [-0.4, -0.2) is 18.2 Å². The van der Waals surface area contributed by atoms with Crippen molar-refractivity contribution >= 4 is 0 Å². The van der Waals surface area contributed by atoms with Crippen LogP contribution in [0.2, 0.25) is 0 Å². The summed E-state index contributed by atoms with van der Waals surface area (Å²) in [6, 6.07) is 9.15. The van der Waals surface area contributed by atoms with Crippen molar-refractivity contribution in [2.24, 2.45) is 0 Å². The predicted octanol–water partition coefficient (Wildman–Crippen LogP) is 4.42. The lowest BCUT2D eigenvalue weighted by atomic mass is 9.79. The average molecular weight is 275 g/mol. The average Bonchev–Trinajstić information content (AvgIpc) is 2.37. The molecule has 0 saturated carbocycles. The van der Waals surface area contributed by atoms with Crippen molar-refractivity contribution in [1.82, 2.24) is 5.32 Å². The van der Waals surface area contributed by atoms with E-state index in [2.05, 4.69) is 64.2 Å². The summed E-state index contributed by atoms with van der Waals surface area (Å²) < 4.78 is 6.35. The number of benzene rings is 1. The van der Waals surface area contributed by atoms with Crippen LogP contribution in [0.5, 0.6) is 0 Å². The first-order valence-corrected chi connectivity index (χ1v) is 7.92. The lowest BCUT2D eigenvalue weighted by molar-refractivity contribution is -0.0844. The molecule has 1 N–H and O–H groups in total. The Bertz CT molecular complexity index is 435. The van der Waals surface area contributed by atoms with Gasteiger partial charge in [0.15, 0.2) is 0 Å². The number of ether oxygens (including phenoxy) is 1. The van der Waals surface area contributed by atoms with Gasteiger partial charge in [0.2, 0.25) is 0 Å². The van der Waals surface area contributed by atoms with E-state index in [1.54, 1.807) is 0 Å². The summed E-state index contributed by atoms with van der Waals surface area (Å²) in [4.78, 5) is 0. The van der Waals surface area contributed by atoms with Crippen molar-refractivity contribution in [3.8, 4) is 0 Å². The zero-order chi connectivity index (χ0) is 14.8. The first-order chi connectivity index (χ1) is 9.42. The normalized spacial score (nSPS) is 26.4. The molecule has 0 radical (unpaired) electrons. The second-order valence-electron chi connectivity index (χ2n) is 6.97. The highest BCUT2D eigenvalue weighted by Gasteiger charge is 2.35. The second-order valence-corrected chi connectivity index (χ2v) is 6.97. The van der Waals surface area contributed by atoms with E-state index in [1.807, 2.05) is 0 Å². The highest BCUT2D eigenvalue weighted by molar-refractivity contribution is 5.36. The molecule has 1 aliphatic rings. The second kappa shape index (κ2) is 6.28. The van der Waals surface area contributed by atoms with Crippen LogP contribution in [0.15, 0.2) is 24.3 Å². The molecule has 0 heterocycles. The Morgan fingerprint density at radius 3 is 2.45 bits per heavy atom. The van der Waals surface area contributed by atoms with Crippen molar-refractivity contribution in [2.45, 2.75) is 71.1 Å². The highest BCUT2D eigenvalue weighted by Crippen LogP contribution is 2.40. The minimum atomic E-state index is -0.0944. The molecule has 2 heteroatoms. The summed E-state index contributed by atoms with van der Waals surface area (Å²) in [5.74, 6) is 0.568. The maximum absolute atomic E-state index is 6.35. The van der Waals surface area contributed by atoms with Gasteiger partial charge in [-0.15, -0.1) is 0 Å². The van der Waals surface area contributed by atoms with Crippen LogP contribution in [-0.2, 0) is 4.74 Å². The van der Waals surface area contributed by atoms with Crippen LogP contribution in [0, 0.1) is 0 Å². The molecule has 0 saturated heterocycles. The molecule has 3 unspecified atom stereocenters.